The van der Waals surface area contributed by atoms with Gasteiger partial charge >= 0.3 is 0 Å². The van der Waals surface area contributed by atoms with Crippen molar-refractivity contribution < 1.29 is 4.79 Å². The van der Waals surface area contributed by atoms with E-state index in [2.05, 4.69) is 25.4 Å². The Morgan fingerprint density at radius 1 is 1.25 bits per heavy atom. The third-order valence-electron chi connectivity index (χ3n) is 4.97. The summed E-state index contributed by atoms with van der Waals surface area (Å²) in [4.78, 5) is 18.9. The number of hydrogen-bond donors (Lipinski definition) is 2. The molecule has 2 aromatic heterocycles. The van der Waals surface area contributed by atoms with Crippen molar-refractivity contribution in [3.8, 4) is 11.3 Å². The molecule has 1 saturated heterocycles. The second-order valence-electron chi connectivity index (χ2n) is 7.09. The van der Waals surface area contributed by atoms with Crippen LogP contribution < -0.4 is 10.2 Å². The number of anilines is 1. The third kappa shape index (κ3) is 4.17. The zero-order valence-corrected chi connectivity index (χ0v) is 16.4. The summed E-state index contributed by atoms with van der Waals surface area (Å²) in [5, 5.41) is 11.4. The molecule has 0 radical (unpaired) electrons. The molecule has 1 unspecified atom stereocenters. The number of nitrogens with zero attached hydrogens (tertiary/aromatic N) is 3. The van der Waals surface area contributed by atoms with Gasteiger partial charge in [0.25, 0.3) is 5.91 Å². The minimum absolute atomic E-state index is 0.0803. The Bertz CT molecular complexity index is 952. The maximum absolute atomic E-state index is 12.5. The Balaban J connectivity index is 1.42. The quantitative estimate of drug-likeness (QED) is 0.704. The van der Waals surface area contributed by atoms with Crippen LogP contribution in [0, 0.1) is 6.92 Å². The Morgan fingerprint density at radius 3 is 2.82 bits per heavy atom. The van der Waals surface area contributed by atoms with Crippen LogP contribution in [-0.4, -0.2) is 40.2 Å². The minimum atomic E-state index is -0.0803. The number of aromatic amines is 1. The highest BCUT2D eigenvalue weighted by molar-refractivity contribution is 6.30. The van der Waals surface area contributed by atoms with Crippen molar-refractivity contribution in [3.63, 3.8) is 0 Å². The summed E-state index contributed by atoms with van der Waals surface area (Å²) in [5.74, 6) is 0.809. The predicted octanol–water partition coefficient (Wildman–Crippen LogP) is 3.83. The maximum Gasteiger partial charge on any atom is 0.253 e. The summed E-state index contributed by atoms with van der Waals surface area (Å²) >= 11 is 5.96. The molecule has 1 atom stereocenters. The summed E-state index contributed by atoms with van der Waals surface area (Å²) < 4.78 is 0. The second-order valence-corrected chi connectivity index (χ2v) is 7.53. The van der Waals surface area contributed by atoms with Crippen LogP contribution in [0.2, 0.25) is 5.02 Å². The monoisotopic (exact) mass is 395 g/mol. The number of carbonyl (C=O) groups excluding carboxylic acids is 1. The normalized spacial score (nSPS) is 16.8. The van der Waals surface area contributed by atoms with Gasteiger partial charge < -0.3 is 10.2 Å². The number of piperidine rings is 1. The maximum atomic E-state index is 12.5. The molecule has 6 nitrogen and oxygen atoms in total. The molecule has 1 aliphatic heterocycles. The number of hydrogen-bond acceptors (Lipinski definition) is 4. The predicted molar refractivity (Wildman–Crippen MR) is 111 cm³/mol. The van der Waals surface area contributed by atoms with Crippen LogP contribution in [0.15, 0.2) is 48.7 Å². The van der Waals surface area contributed by atoms with E-state index in [1.807, 2.05) is 49.4 Å². The smallest absolute Gasteiger partial charge is 0.253 e. The molecule has 0 spiro atoms. The zero-order chi connectivity index (χ0) is 19.5. The van der Waals surface area contributed by atoms with Gasteiger partial charge in [-0.05, 0) is 49.6 Å². The lowest BCUT2D eigenvalue weighted by molar-refractivity contribution is 0.0932. The van der Waals surface area contributed by atoms with Crippen molar-refractivity contribution in [2.45, 2.75) is 25.8 Å². The van der Waals surface area contributed by atoms with E-state index in [1.165, 1.54) is 0 Å². The van der Waals surface area contributed by atoms with E-state index in [0.29, 0.717) is 10.6 Å². The van der Waals surface area contributed by atoms with Crippen LogP contribution >= 0.6 is 11.6 Å². The van der Waals surface area contributed by atoms with Crippen molar-refractivity contribution in [2.75, 3.05) is 18.0 Å². The van der Waals surface area contributed by atoms with Crippen molar-refractivity contribution >= 4 is 23.3 Å². The molecule has 0 aliphatic carbocycles. The van der Waals surface area contributed by atoms with Gasteiger partial charge in [-0.25, -0.2) is 0 Å². The largest absolute Gasteiger partial charge is 0.353 e. The molecule has 1 amide bonds. The first kappa shape index (κ1) is 18.5. The number of benzene rings is 1. The van der Waals surface area contributed by atoms with Crippen molar-refractivity contribution in [1.29, 1.82) is 0 Å². The fourth-order valence-electron chi connectivity index (χ4n) is 3.42. The number of rotatable bonds is 4. The first-order valence-electron chi connectivity index (χ1n) is 9.38. The number of amides is 1. The fourth-order valence-corrected chi connectivity index (χ4v) is 3.55. The van der Waals surface area contributed by atoms with Gasteiger partial charge in [-0.3, -0.25) is 14.9 Å². The summed E-state index contributed by atoms with van der Waals surface area (Å²) in [6.07, 6.45) is 3.58. The van der Waals surface area contributed by atoms with Gasteiger partial charge in [-0.1, -0.05) is 23.7 Å². The molecule has 0 bridgehead atoms. The van der Waals surface area contributed by atoms with Gasteiger partial charge in [-0.2, -0.15) is 5.10 Å². The lowest BCUT2D eigenvalue weighted by Gasteiger charge is -2.33. The standard InChI is InChI=1S/C21H22ClN5O/c1-14-4-5-16(12-23-14)21(28)24-18-3-2-10-27(13-18)20-11-19(25-26-20)15-6-8-17(22)9-7-15/h4-9,11-12,18H,2-3,10,13H2,1H3,(H,24,28)(H,25,26). The Kier molecular flexibility index (Phi) is 5.30. The molecule has 4 rings (SSSR count). The molecule has 28 heavy (non-hydrogen) atoms. The molecule has 144 valence electrons. The number of aromatic nitrogens is 3. The minimum Gasteiger partial charge on any atom is -0.353 e. The van der Waals surface area contributed by atoms with E-state index in [9.17, 15) is 4.79 Å². The fraction of sp³-hybridized carbons (Fsp3) is 0.286. The Labute approximate surface area is 168 Å². The summed E-state index contributed by atoms with van der Waals surface area (Å²) in [6, 6.07) is 13.4. The average Bonchev–Trinajstić information content (AvgIpc) is 3.19. The van der Waals surface area contributed by atoms with Crippen LogP contribution in [0.5, 0.6) is 0 Å². The second kappa shape index (κ2) is 8.02. The highest BCUT2D eigenvalue weighted by Gasteiger charge is 2.23. The van der Waals surface area contributed by atoms with E-state index in [-0.39, 0.29) is 11.9 Å². The molecular formula is C21H22ClN5O. The SMILES string of the molecule is Cc1ccc(C(=O)NC2CCCN(c3cc(-c4ccc(Cl)cc4)[nH]n3)C2)cn1. The van der Waals surface area contributed by atoms with Gasteiger partial charge in [0.15, 0.2) is 5.82 Å². The van der Waals surface area contributed by atoms with Gasteiger partial charge in [0, 0.05) is 42.1 Å². The summed E-state index contributed by atoms with van der Waals surface area (Å²) in [5.41, 5.74) is 3.48. The van der Waals surface area contributed by atoms with E-state index >= 15 is 0 Å². The topological polar surface area (TPSA) is 73.9 Å². The zero-order valence-electron chi connectivity index (χ0n) is 15.7. The molecule has 0 saturated carbocycles. The van der Waals surface area contributed by atoms with Crippen LogP contribution in [0.25, 0.3) is 11.3 Å². The number of nitrogens with one attached hydrogen (secondary N) is 2. The van der Waals surface area contributed by atoms with E-state index < -0.39 is 0 Å². The highest BCUT2D eigenvalue weighted by atomic mass is 35.5. The average molecular weight is 396 g/mol. The van der Waals surface area contributed by atoms with Crippen molar-refractivity contribution in [1.82, 2.24) is 20.5 Å². The summed E-state index contributed by atoms with van der Waals surface area (Å²) in [7, 11) is 0. The van der Waals surface area contributed by atoms with Crippen LogP contribution in [0.4, 0.5) is 5.82 Å². The summed E-state index contributed by atoms with van der Waals surface area (Å²) in [6.45, 7) is 3.56. The van der Waals surface area contributed by atoms with Crippen LogP contribution in [0.3, 0.4) is 0 Å². The third-order valence-corrected chi connectivity index (χ3v) is 5.23. The first-order chi connectivity index (χ1) is 13.6. The first-order valence-corrected chi connectivity index (χ1v) is 9.76. The van der Waals surface area contributed by atoms with Gasteiger partial charge in [-0.15, -0.1) is 0 Å². The molecular weight excluding hydrogens is 374 g/mol. The van der Waals surface area contributed by atoms with Gasteiger partial charge in [0.05, 0.1) is 11.3 Å². The molecule has 7 heteroatoms. The van der Waals surface area contributed by atoms with Crippen LogP contribution in [-0.2, 0) is 0 Å². The molecule has 3 heterocycles. The van der Waals surface area contributed by atoms with Crippen LogP contribution in [0.1, 0.15) is 28.9 Å². The lowest BCUT2D eigenvalue weighted by Crippen LogP contribution is -2.48. The number of aryl methyl sites for hydroxylation is 1. The van der Waals surface area contributed by atoms with Crippen molar-refractivity contribution in [3.05, 3.63) is 64.9 Å². The lowest BCUT2D eigenvalue weighted by atomic mass is 10.0. The van der Waals surface area contributed by atoms with Crippen molar-refractivity contribution in [2.24, 2.45) is 0 Å². The van der Waals surface area contributed by atoms with E-state index in [1.54, 1.807) is 6.20 Å². The molecule has 1 fully saturated rings. The number of H-pyrrole nitrogens is 1. The highest BCUT2D eigenvalue weighted by Crippen LogP contribution is 2.25. The van der Waals surface area contributed by atoms with Gasteiger partial charge in [0.1, 0.15) is 0 Å². The van der Waals surface area contributed by atoms with Gasteiger partial charge in [0.2, 0.25) is 0 Å². The van der Waals surface area contributed by atoms with E-state index in [4.69, 9.17) is 11.6 Å². The number of halogens is 1. The van der Waals surface area contributed by atoms with E-state index in [0.717, 1.165) is 48.7 Å². The molecule has 1 aliphatic rings. The number of pyridine rings is 1. The Morgan fingerprint density at radius 2 is 2.07 bits per heavy atom. The number of carbonyl (C=O) groups is 1. The Hall–Kier alpha value is -2.86. The molecule has 1 aromatic carbocycles. The molecule has 2 N–H and O–H groups in total. The molecule has 3 aromatic rings.